The SMILES string of the molecule is Cc1cc(F)cc(C(Cl)Cc2ncccc2C)c1. The Bertz CT molecular complexity index is 534. The summed E-state index contributed by atoms with van der Waals surface area (Å²) in [5, 5.41) is -0.256. The van der Waals surface area contributed by atoms with Crippen molar-refractivity contribution in [1.82, 2.24) is 4.98 Å². The molecular weight excluding hydrogens is 249 g/mol. The van der Waals surface area contributed by atoms with Crippen LogP contribution in [0.3, 0.4) is 0 Å². The Morgan fingerprint density at radius 1 is 1.28 bits per heavy atom. The van der Waals surface area contributed by atoms with Gasteiger partial charge in [-0.25, -0.2) is 4.39 Å². The van der Waals surface area contributed by atoms with Gasteiger partial charge in [-0.15, -0.1) is 11.6 Å². The molecule has 1 aromatic carbocycles. The molecule has 94 valence electrons. The van der Waals surface area contributed by atoms with Gasteiger partial charge in [0.1, 0.15) is 5.82 Å². The van der Waals surface area contributed by atoms with Crippen molar-refractivity contribution < 1.29 is 4.39 Å². The van der Waals surface area contributed by atoms with Crippen molar-refractivity contribution in [2.45, 2.75) is 25.6 Å². The molecule has 0 radical (unpaired) electrons. The molecule has 2 aromatic rings. The first-order chi connectivity index (χ1) is 8.56. The lowest BCUT2D eigenvalue weighted by Crippen LogP contribution is -2.01. The van der Waals surface area contributed by atoms with Gasteiger partial charge in [-0.1, -0.05) is 12.1 Å². The van der Waals surface area contributed by atoms with Crippen LogP contribution in [0, 0.1) is 19.7 Å². The lowest BCUT2D eigenvalue weighted by molar-refractivity contribution is 0.623. The summed E-state index contributed by atoms with van der Waals surface area (Å²) >= 11 is 6.35. The standard InChI is InChI=1S/C15H15ClFN/c1-10-6-12(8-13(17)7-10)14(16)9-15-11(2)4-3-5-18-15/h3-8,14H,9H2,1-2H3. The molecule has 0 aliphatic rings. The zero-order chi connectivity index (χ0) is 13.1. The molecule has 1 atom stereocenters. The van der Waals surface area contributed by atoms with Gasteiger partial charge in [0.15, 0.2) is 0 Å². The highest BCUT2D eigenvalue weighted by Crippen LogP contribution is 2.26. The van der Waals surface area contributed by atoms with E-state index in [1.54, 1.807) is 6.20 Å². The molecule has 1 heterocycles. The van der Waals surface area contributed by atoms with Gasteiger partial charge in [0.25, 0.3) is 0 Å². The molecule has 0 aliphatic heterocycles. The third kappa shape index (κ3) is 3.08. The normalized spacial score (nSPS) is 12.4. The molecule has 1 unspecified atom stereocenters. The quantitative estimate of drug-likeness (QED) is 0.750. The Hall–Kier alpha value is -1.41. The summed E-state index contributed by atoms with van der Waals surface area (Å²) < 4.78 is 13.3. The molecule has 2 rings (SSSR count). The monoisotopic (exact) mass is 263 g/mol. The average molecular weight is 264 g/mol. The van der Waals surface area contributed by atoms with Crippen molar-refractivity contribution >= 4 is 11.6 Å². The third-order valence-corrected chi connectivity index (χ3v) is 3.32. The Labute approximate surface area is 112 Å². The number of aromatic nitrogens is 1. The highest BCUT2D eigenvalue weighted by atomic mass is 35.5. The minimum Gasteiger partial charge on any atom is -0.261 e. The second-order valence-corrected chi connectivity index (χ2v) is 5.03. The molecular formula is C15H15ClFN. The van der Waals surface area contributed by atoms with Gasteiger partial charge in [-0.2, -0.15) is 0 Å². The number of halogens is 2. The van der Waals surface area contributed by atoms with Crippen LogP contribution in [0.2, 0.25) is 0 Å². The fraction of sp³-hybridized carbons (Fsp3) is 0.267. The van der Waals surface area contributed by atoms with Crippen LogP contribution in [-0.4, -0.2) is 4.98 Å². The van der Waals surface area contributed by atoms with E-state index in [4.69, 9.17) is 11.6 Å². The molecule has 0 aliphatic carbocycles. The smallest absolute Gasteiger partial charge is 0.123 e. The van der Waals surface area contributed by atoms with Crippen molar-refractivity contribution in [2.75, 3.05) is 0 Å². The van der Waals surface area contributed by atoms with Crippen molar-refractivity contribution in [1.29, 1.82) is 0 Å². The van der Waals surface area contributed by atoms with Gasteiger partial charge in [0, 0.05) is 18.3 Å². The molecule has 18 heavy (non-hydrogen) atoms. The van der Waals surface area contributed by atoms with E-state index in [0.29, 0.717) is 6.42 Å². The second-order valence-electron chi connectivity index (χ2n) is 4.50. The average Bonchev–Trinajstić information content (AvgIpc) is 2.31. The summed E-state index contributed by atoms with van der Waals surface area (Å²) in [6.07, 6.45) is 2.36. The minimum atomic E-state index is -0.256. The number of hydrogen-bond acceptors (Lipinski definition) is 1. The highest BCUT2D eigenvalue weighted by molar-refractivity contribution is 6.20. The number of aryl methyl sites for hydroxylation is 2. The first-order valence-electron chi connectivity index (χ1n) is 5.88. The third-order valence-electron chi connectivity index (χ3n) is 2.92. The van der Waals surface area contributed by atoms with Gasteiger partial charge < -0.3 is 0 Å². The van der Waals surface area contributed by atoms with Gasteiger partial charge in [0.2, 0.25) is 0 Å². The summed E-state index contributed by atoms with van der Waals surface area (Å²) in [7, 11) is 0. The maximum Gasteiger partial charge on any atom is 0.123 e. The van der Waals surface area contributed by atoms with Gasteiger partial charge >= 0.3 is 0 Å². The number of nitrogens with zero attached hydrogens (tertiary/aromatic N) is 1. The van der Waals surface area contributed by atoms with Crippen LogP contribution in [0.15, 0.2) is 36.5 Å². The van der Waals surface area contributed by atoms with Crippen LogP contribution in [-0.2, 0) is 6.42 Å². The lowest BCUT2D eigenvalue weighted by atomic mass is 10.0. The van der Waals surface area contributed by atoms with Gasteiger partial charge in [-0.05, 0) is 48.7 Å². The van der Waals surface area contributed by atoms with Crippen LogP contribution in [0.1, 0.15) is 27.8 Å². The van der Waals surface area contributed by atoms with Crippen LogP contribution < -0.4 is 0 Å². The lowest BCUT2D eigenvalue weighted by Gasteiger charge is -2.12. The predicted molar refractivity (Wildman–Crippen MR) is 72.4 cm³/mol. The maximum absolute atomic E-state index is 13.3. The van der Waals surface area contributed by atoms with Crippen molar-refractivity contribution in [3.63, 3.8) is 0 Å². The summed E-state index contributed by atoms with van der Waals surface area (Å²) in [5.74, 6) is -0.242. The summed E-state index contributed by atoms with van der Waals surface area (Å²) in [5.41, 5.74) is 3.75. The Balaban J connectivity index is 2.22. The topological polar surface area (TPSA) is 12.9 Å². The van der Waals surface area contributed by atoms with E-state index in [2.05, 4.69) is 4.98 Å². The second kappa shape index (κ2) is 5.49. The number of alkyl halides is 1. The van der Waals surface area contributed by atoms with Crippen molar-refractivity contribution in [3.8, 4) is 0 Å². The molecule has 0 bridgehead atoms. The van der Waals surface area contributed by atoms with Gasteiger partial charge in [-0.3, -0.25) is 4.98 Å². The zero-order valence-corrected chi connectivity index (χ0v) is 11.2. The summed E-state index contributed by atoms with van der Waals surface area (Å²) in [6, 6.07) is 8.80. The number of rotatable bonds is 3. The predicted octanol–water partition coefficient (Wildman–Crippen LogP) is 4.36. The zero-order valence-electron chi connectivity index (χ0n) is 10.5. The molecule has 3 heteroatoms. The van der Waals surface area contributed by atoms with Crippen LogP contribution in [0.5, 0.6) is 0 Å². The Morgan fingerprint density at radius 3 is 2.72 bits per heavy atom. The summed E-state index contributed by atoms with van der Waals surface area (Å²) in [4.78, 5) is 4.31. The largest absolute Gasteiger partial charge is 0.261 e. The molecule has 1 nitrogen and oxygen atoms in total. The van der Waals surface area contributed by atoms with E-state index in [1.165, 1.54) is 12.1 Å². The molecule has 0 saturated carbocycles. The molecule has 0 saturated heterocycles. The van der Waals surface area contributed by atoms with E-state index in [-0.39, 0.29) is 11.2 Å². The molecule has 0 spiro atoms. The number of pyridine rings is 1. The van der Waals surface area contributed by atoms with Crippen LogP contribution >= 0.6 is 11.6 Å². The van der Waals surface area contributed by atoms with E-state index in [1.807, 2.05) is 32.0 Å². The fourth-order valence-electron chi connectivity index (χ4n) is 1.97. The molecule has 1 aromatic heterocycles. The minimum absolute atomic E-state index is 0.242. The van der Waals surface area contributed by atoms with E-state index >= 15 is 0 Å². The molecule has 0 fully saturated rings. The van der Waals surface area contributed by atoms with E-state index in [9.17, 15) is 4.39 Å². The van der Waals surface area contributed by atoms with Crippen LogP contribution in [0.4, 0.5) is 4.39 Å². The Kier molecular flexibility index (Phi) is 3.97. The summed E-state index contributed by atoms with van der Waals surface area (Å²) in [6.45, 7) is 3.87. The first-order valence-corrected chi connectivity index (χ1v) is 6.31. The maximum atomic E-state index is 13.3. The molecule has 0 amide bonds. The van der Waals surface area contributed by atoms with E-state index < -0.39 is 0 Å². The van der Waals surface area contributed by atoms with Crippen molar-refractivity contribution in [2.24, 2.45) is 0 Å². The highest BCUT2D eigenvalue weighted by Gasteiger charge is 2.12. The molecule has 0 N–H and O–H groups in total. The fourth-order valence-corrected chi connectivity index (χ4v) is 2.24. The number of benzene rings is 1. The van der Waals surface area contributed by atoms with Crippen molar-refractivity contribution in [3.05, 3.63) is 64.7 Å². The van der Waals surface area contributed by atoms with Gasteiger partial charge in [0.05, 0.1) is 5.38 Å². The Morgan fingerprint density at radius 2 is 2.06 bits per heavy atom. The first kappa shape index (κ1) is 13.0. The van der Waals surface area contributed by atoms with E-state index in [0.717, 1.165) is 22.4 Å². The number of hydrogen-bond donors (Lipinski definition) is 0. The van der Waals surface area contributed by atoms with Crippen LogP contribution in [0.25, 0.3) is 0 Å².